The van der Waals surface area contributed by atoms with Crippen LogP contribution in [0, 0.1) is 6.92 Å². The summed E-state index contributed by atoms with van der Waals surface area (Å²) >= 11 is 0. The van der Waals surface area contributed by atoms with E-state index >= 15 is 0 Å². The van der Waals surface area contributed by atoms with Gasteiger partial charge in [-0.05, 0) is 19.1 Å². The zero-order chi connectivity index (χ0) is 24.9. The number of nitrogens with zero attached hydrogens (tertiary/aromatic N) is 4. The van der Waals surface area contributed by atoms with E-state index in [1.165, 1.54) is 19.5 Å². The van der Waals surface area contributed by atoms with Gasteiger partial charge in [-0.1, -0.05) is 35.5 Å². The number of anilines is 1. The monoisotopic (exact) mass is 485 g/mol. The average molecular weight is 485 g/mol. The summed E-state index contributed by atoms with van der Waals surface area (Å²) in [7, 11) is 1.38. The van der Waals surface area contributed by atoms with Gasteiger partial charge < -0.3 is 19.3 Å². The average Bonchev–Trinajstić information content (AvgIpc) is 3.26. The van der Waals surface area contributed by atoms with Crippen molar-refractivity contribution in [3.8, 4) is 34.4 Å². The molecule has 1 N–H and O–H groups in total. The number of benzene rings is 1. The molecule has 0 spiro atoms. The van der Waals surface area contributed by atoms with E-state index in [-0.39, 0.29) is 17.1 Å². The Hall–Kier alpha value is -4.48. The van der Waals surface area contributed by atoms with Crippen LogP contribution in [0.15, 0.2) is 59.4 Å². The van der Waals surface area contributed by atoms with E-state index in [1.54, 1.807) is 19.1 Å². The van der Waals surface area contributed by atoms with Gasteiger partial charge in [0.15, 0.2) is 0 Å². The standard InChI is InChI=1S/C23H18F3N5O4/c1-12-17(18(31-35-12)13-6-4-3-5-7-13)21(32)29-16-9-8-15(30-22(16)33-2)14-10-27-23(28-11-14)34-20(26)19(24)25/h3-11,19-20H,1-2H3,(H,29,32). The summed E-state index contributed by atoms with van der Waals surface area (Å²) < 4.78 is 52.4. The highest BCUT2D eigenvalue weighted by molar-refractivity contribution is 6.09. The number of halogens is 3. The van der Waals surface area contributed by atoms with Gasteiger partial charge in [0.1, 0.15) is 22.7 Å². The molecule has 0 fully saturated rings. The van der Waals surface area contributed by atoms with Crippen LogP contribution in [-0.2, 0) is 0 Å². The minimum atomic E-state index is -3.32. The third kappa shape index (κ3) is 5.21. The molecule has 0 bridgehead atoms. The first-order valence-corrected chi connectivity index (χ1v) is 10.2. The molecule has 0 saturated heterocycles. The largest absolute Gasteiger partial charge is 0.479 e. The Morgan fingerprint density at radius 1 is 1.03 bits per heavy atom. The highest BCUT2D eigenvalue weighted by atomic mass is 19.3. The van der Waals surface area contributed by atoms with Crippen molar-refractivity contribution in [3.05, 3.63) is 66.2 Å². The van der Waals surface area contributed by atoms with Gasteiger partial charge in [0, 0.05) is 23.5 Å². The Balaban J connectivity index is 1.55. The van der Waals surface area contributed by atoms with Crippen LogP contribution >= 0.6 is 0 Å². The molecule has 0 radical (unpaired) electrons. The van der Waals surface area contributed by atoms with Crippen molar-refractivity contribution < 1.29 is 32.0 Å². The zero-order valence-corrected chi connectivity index (χ0v) is 18.4. The first-order valence-electron chi connectivity index (χ1n) is 10.2. The van der Waals surface area contributed by atoms with Crippen LogP contribution in [0.2, 0.25) is 0 Å². The van der Waals surface area contributed by atoms with E-state index in [2.05, 4.69) is 30.2 Å². The number of alkyl halides is 3. The molecule has 4 aromatic rings. The lowest BCUT2D eigenvalue weighted by atomic mass is 10.1. The maximum atomic E-state index is 13.1. The predicted octanol–water partition coefficient (Wildman–Crippen LogP) is 4.70. The van der Waals surface area contributed by atoms with Crippen molar-refractivity contribution in [2.45, 2.75) is 19.7 Å². The second-order valence-corrected chi connectivity index (χ2v) is 7.09. The number of hydrogen-bond donors (Lipinski definition) is 1. The van der Waals surface area contributed by atoms with E-state index in [4.69, 9.17) is 9.26 Å². The number of carbonyl (C=O) groups is 1. The van der Waals surface area contributed by atoms with E-state index in [0.717, 1.165) is 5.56 Å². The SMILES string of the molecule is COc1nc(-c2cnc(OC(F)C(F)F)nc2)ccc1NC(=O)c1c(-c2ccccc2)noc1C. The maximum Gasteiger partial charge on any atom is 0.319 e. The van der Waals surface area contributed by atoms with Gasteiger partial charge in [-0.15, -0.1) is 0 Å². The van der Waals surface area contributed by atoms with E-state index in [1.807, 2.05) is 30.3 Å². The van der Waals surface area contributed by atoms with Crippen molar-refractivity contribution >= 4 is 11.6 Å². The molecule has 9 nitrogen and oxygen atoms in total. The van der Waals surface area contributed by atoms with E-state index < -0.39 is 24.7 Å². The molecule has 1 aromatic carbocycles. The molecule has 35 heavy (non-hydrogen) atoms. The highest BCUT2D eigenvalue weighted by Crippen LogP contribution is 2.30. The number of pyridine rings is 1. The van der Waals surface area contributed by atoms with Crippen LogP contribution in [0.5, 0.6) is 11.9 Å². The number of aryl methyl sites for hydroxylation is 1. The third-order valence-electron chi connectivity index (χ3n) is 4.78. The van der Waals surface area contributed by atoms with Crippen molar-refractivity contribution in [2.75, 3.05) is 12.4 Å². The van der Waals surface area contributed by atoms with Gasteiger partial charge in [-0.3, -0.25) is 4.79 Å². The summed E-state index contributed by atoms with van der Waals surface area (Å²) in [5.41, 5.74) is 2.38. The normalized spacial score (nSPS) is 11.8. The topological polar surface area (TPSA) is 112 Å². The van der Waals surface area contributed by atoms with Crippen molar-refractivity contribution in [3.63, 3.8) is 0 Å². The van der Waals surface area contributed by atoms with E-state index in [9.17, 15) is 18.0 Å². The van der Waals surface area contributed by atoms with Gasteiger partial charge in [-0.25, -0.2) is 23.7 Å². The Labute approximate surface area is 196 Å². The van der Waals surface area contributed by atoms with Gasteiger partial charge in [-0.2, -0.15) is 4.39 Å². The molecule has 3 aromatic heterocycles. The van der Waals surface area contributed by atoms with Gasteiger partial charge in [0.05, 0.1) is 12.8 Å². The number of nitrogens with one attached hydrogen (secondary N) is 1. The molecule has 0 aliphatic rings. The number of amides is 1. The zero-order valence-electron chi connectivity index (χ0n) is 18.4. The number of rotatable bonds is 8. The number of ether oxygens (including phenoxy) is 2. The molecule has 0 aliphatic heterocycles. The molecule has 1 atom stereocenters. The number of hydrogen-bond acceptors (Lipinski definition) is 8. The smallest absolute Gasteiger partial charge is 0.319 e. The molecule has 1 amide bonds. The Morgan fingerprint density at radius 2 is 1.74 bits per heavy atom. The van der Waals surface area contributed by atoms with E-state index in [0.29, 0.717) is 22.7 Å². The fourth-order valence-corrected chi connectivity index (χ4v) is 3.13. The first-order chi connectivity index (χ1) is 16.9. The summed E-state index contributed by atoms with van der Waals surface area (Å²) in [6.45, 7) is 1.63. The van der Waals surface area contributed by atoms with Crippen molar-refractivity contribution in [1.29, 1.82) is 0 Å². The molecule has 12 heteroatoms. The van der Waals surface area contributed by atoms with Gasteiger partial charge in [0.2, 0.25) is 5.88 Å². The second-order valence-electron chi connectivity index (χ2n) is 7.09. The van der Waals surface area contributed by atoms with Crippen LogP contribution in [-0.4, -0.2) is 45.9 Å². The fraction of sp³-hybridized carbons (Fsp3) is 0.174. The van der Waals surface area contributed by atoms with Gasteiger partial charge in [0.25, 0.3) is 5.91 Å². The summed E-state index contributed by atoms with van der Waals surface area (Å²) in [5.74, 6) is -0.0418. The fourth-order valence-electron chi connectivity index (χ4n) is 3.13. The quantitative estimate of drug-likeness (QED) is 0.382. The third-order valence-corrected chi connectivity index (χ3v) is 4.78. The number of methoxy groups -OCH3 is 1. The summed E-state index contributed by atoms with van der Waals surface area (Å²) in [6, 6.07) is 11.7. The molecule has 0 aliphatic carbocycles. The predicted molar refractivity (Wildman–Crippen MR) is 118 cm³/mol. The second kappa shape index (κ2) is 10.2. The molecule has 3 heterocycles. The van der Waals surface area contributed by atoms with Crippen LogP contribution in [0.4, 0.5) is 18.9 Å². The minimum Gasteiger partial charge on any atom is -0.479 e. The Kier molecular flexibility index (Phi) is 6.90. The Bertz CT molecular complexity index is 1320. The maximum absolute atomic E-state index is 13.1. The van der Waals surface area contributed by atoms with Crippen molar-refractivity contribution in [2.24, 2.45) is 0 Å². The summed E-state index contributed by atoms with van der Waals surface area (Å²) in [6.07, 6.45) is -3.70. The molecule has 1 unspecified atom stereocenters. The minimum absolute atomic E-state index is 0.0908. The molecule has 180 valence electrons. The Morgan fingerprint density at radius 3 is 2.40 bits per heavy atom. The lowest BCUT2D eigenvalue weighted by Gasteiger charge is -2.12. The molecule has 4 rings (SSSR count). The number of carbonyl (C=O) groups excluding carboxylic acids is 1. The first kappa shape index (κ1) is 23.7. The van der Waals surface area contributed by atoms with Crippen LogP contribution < -0.4 is 14.8 Å². The van der Waals surface area contributed by atoms with Crippen LogP contribution in [0.25, 0.3) is 22.5 Å². The summed E-state index contributed by atoms with van der Waals surface area (Å²) in [5, 5.41) is 6.75. The van der Waals surface area contributed by atoms with Crippen LogP contribution in [0.1, 0.15) is 16.1 Å². The molecule has 0 saturated carbocycles. The van der Waals surface area contributed by atoms with Gasteiger partial charge >= 0.3 is 18.8 Å². The van der Waals surface area contributed by atoms with Crippen LogP contribution in [0.3, 0.4) is 0 Å². The lowest BCUT2D eigenvalue weighted by Crippen LogP contribution is -2.20. The molecular formula is C23H18F3N5O4. The lowest BCUT2D eigenvalue weighted by molar-refractivity contribution is -0.0713. The molecular weight excluding hydrogens is 467 g/mol. The van der Waals surface area contributed by atoms with Crippen molar-refractivity contribution in [1.82, 2.24) is 20.1 Å². The summed E-state index contributed by atoms with van der Waals surface area (Å²) in [4.78, 5) is 24.8. The number of aromatic nitrogens is 4. The highest BCUT2D eigenvalue weighted by Gasteiger charge is 2.24.